The van der Waals surface area contributed by atoms with Crippen molar-refractivity contribution in [2.45, 2.75) is 6.92 Å². The second-order valence-corrected chi connectivity index (χ2v) is 7.05. The number of carbonyl (C=O) groups excluding carboxylic acids is 1. The number of hydrogen-bond acceptors (Lipinski definition) is 5. The molecule has 0 amide bonds. The van der Waals surface area contributed by atoms with Crippen molar-refractivity contribution in [2.24, 2.45) is 0 Å². The van der Waals surface area contributed by atoms with E-state index >= 15 is 0 Å². The minimum atomic E-state index is 0.412. The van der Waals surface area contributed by atoms with Gasteiger partial charge in [0.2, 0.25) is 0 Å². The van der Waals surface area contributed by atoms with Gasteiger partial charge in [0.05, 0.1) is 16.8 Å². The molecule has 3 aromatic heterocycles. The van der Waals surface area contributed by atoms with E-state index in [2.05, 4.69) is 21.4 Å². The SMILES string of the molecule is Cc1c(Nc2c(C#N)cncc2-c2cc3cc(C=O)ccc3o2)ccc2[nH]ccc12. The van der Waals surface area contributed by atoms with Crippen molar-refractivity contribution >= 4 is 39.5 Å². The Labute approximate surface area is 171 Å². The van der Waals surface area contributed by atoms with Crippen molar-refractivity contribution in [3.63, 3.8) is 0 Å². The molecule has 6 nitrogen and oxygen atoms in total. The van der Waals surface area contributed by atoms with Gasteiger partial charge in [0.25, 0.3) is 0 Å². The van der Waals surface area contributed by atoms with E-state index in [-0.39, 0.29) is 0 Å². The van der Waals surface area contributed by atoms with Crippen LogP contribution in [0.15, 0.2) is 65.5 Å². The number of anilines is 2. The first-order valence-electron chi connectivity index (χ1n) is 9.39. The summed E-state index contributed by atoms with van der Waals surface area (Å²) in [4.78, 5) is 18.5. The number of fused-ring (bicyclic) bond motifs is 2. The van der Waals surface area contributed by atoms with Gasteiger partial charge in [-0.25, -0.2) is 0 Å². The number of aromatic nitrogens is 2. The van der Waals surface area contributed by atoms with Gasteiger partial charge in [-0.1, -0.05) is 0 Å². The number of H-pyrrole nitrogens is 1. The molecule has 0 unspecified atom stereocenters. The number of rotatable bonds is 4. The number of benzene rings is 2. The predicted octanol–water partition coefficient (Wildman–Crippen LogP) is 5.71. The molecular formula is C24H16N4O2. The van der Waals surface area contributed by atoms with Crippen molar-refractivity contribution < 1.29 is 9.21 Å². The number of nitrogens with one attached hydrogen (secondary N) is 2. The number of aldehydes is 1. The number of carbonyl (C=O) groups is 1. The monoisotopic (exact) mass is 392 g/mol. The summed E-state index contributed by atoms with van der Waals surface area (Å²) in [6.07, 6.45) is 5.91. The van der Waals surface area contributed by atoms with Crippen LogP contribution >= 0.6 is 0 Å². The molecule has 0 saturated heterocycles. The Morgan fingerprint density at radius 3 is 2.90 bits per heavy atom. The minimum absolute atomic E-state index is 0.412. The molecule has 0 radical (unpaired) electrons. The number of pyridine rings is 1. The zero-order chi connectivity index (χ0) is 20.7. The van der Waals surface area contributed by atoms with Crippen LogP contribution in [0.1, 0.15) is 21.5 Å². The molecule has 5 aromatic rings. The van der Waals surface area contributed by atoms with Crippen LogP contribution in [0.5, 0.6) is 0 Å². The average molecular weight is 392 g/mol. The highest BCUT2D eigenvalue weighted by Gasteiger charge is 2.17. The molecule has 0 aliphatic carbocycles. The summed E-state index contributed by atoms with van der Waals surface area (Å²) >= 11 is 0. The third-order valence-electron chi connectivity index (χ3n) is 5.27. The maximum absolute atomic E-state index is 11.1. The van der Waals surface area contributed by atoms with E-state index in [1.165, 1.54) is 6.20 Å². The zero-order valence-corrected chi connectivity index (χ0v) is 16.1. The summed E-state index contributed by atoms with van der Waals surface area (Å²) in [6, 6.07) is 15.3. The molecule has 0 bridgehead atoms. The fourth-order valence-corrected chi connectivity index (χ4v) is 3.69. The van der Waals surface area contributed by atoms with Gasteiger partial charge in [0, 0.05) is 46.1 Å². The van der Waals surface area contributed by atoms with Crippen molar-refractivity contribution in [2.75, 3.05) is 5.32 Å². The van der Waals surface area contributed by atoms with E-state index in [4.69, 9.17) is 4.42 Å². The number of aryl methyl sites for hydroxylation is 1. The van der Waals surface area contributed by atoms with Crippen LogP contribution in [0.2, 0.25) is 0 Å². The van der Waals surface area contributed by atoms with Gasteiger partial charge >= 0.3 is 0 Å². The number of furan rings is 1. The first-order chi connectivity index (χ1) is 14.7. The standard InChI is InChI=1S/C24H16N4O2/c1-14-18-6-7-27-21(18)4-3-20(14)28-24-17(10-25)11-26-12-19(24)23-9-16-8-15(13-29)2-5-22(16)30-23/h2-9,11-13,27H,1H3,(H,26,28). The van der Waals surface area contributed by atoms with E-state index in [0.717, 1.165) is 33.8 Å². The normalized spacial score (nSPS) is 10.9. The first-order valence-corrected chi connectivity index (χ1v) is 9.39. The Hall–Kier alpha value is -4.37. The lowest BCUT2D eigenvalue weighted by Gasteiger charge is -2.14. The molecule has 0 spiro atoms. The maximum atomic E-state index is 11.1. The fraction of sp³-hybridized carbons (Fsp3) is 0.0417. The average Bonchev–Trinajstić information content (AvgIpc) is 3.42. The highest BCUT2D eigenvalue weighted by molar-refractivity contribution is 5.93. The Kier molecular flexibility index (Phi) is 4.08. The smallest absolute Gasteiger partial charge is 0.150 e. The number of aromatic amines is 1. The van der Waals surface area contributed by atoms with Crippen LogP contribution in [-0.2, 0) is 0 Å². The van der Waals surface area contributed by atoms with Crippen molar-refractivity contribution in [3.05, 3.63) is 77.7 Å². The Balaban J connectivity index is 1.66. The van der Waals surface area contributed by atoms with Gasteiger partial charge in [-0.15, -0.1) is 0 Å². The van der Waals surface area contributed by atoms with Gasteiger partial charge in [-0.2, -0.15) is 5.26 Å². The molecule has 30 heavy (non-hydrogen) atoms. The molecule has 6 heteroatoms. The van der Waals surface area contributed by atoms with Gasteiger partial charge in [0.15, 0.2) is 0 Å². The number of nitrogens with zero attached hydrogens (tertiary/aromatic N) is 2. The Bertz CT molecular complexity index is 1470. The van der Waals surface area contributed by atoms with Crippen molar-refractivity contribution in [1.29, 1.82) is 5.26 Å². The first kappa shape index (κ1) is 17.7. The maximum Gasteiger partial charge on any atom is 0.150 e. The molecule has 0 aliphatic heterocycles. The minimum Gasteiger partial charge on any atom is -0.456 e. The largest absolute Gasteiger partial charge is 0.456 e. The van der Waals surface area contributed by atoms with E-state index < -0.39 is 0 Å². The van der Waals surface area contributed by atoms with Gasteiger partial charge in [-0.05, 0) is 55.0 Å². The molecule has 3 heterocycles. The Morgan fingerprint density at radius 2 is 2.07 bits per heavy atom. The summed E-state index contributed by atoms with van der Waals surface area (Å²) in [7, 11) is 0. The summed E-state index contributed by atoms with van der Waals surface area (Å²) in [5.41, 5.74) is 5.96. The van der Waals surface area contributed by atoms with Gasteiger partial charge < -0.3 is 14.7 Å². The van der Waals surface area contributed by atoms with Crippen LogP contribution in [0.4, 0.5) is 11.4 Å². The molecule has 0 atom stereocenters. The highest BCUT2D eigenvalue weighted by Crippen LogP contribution is 2.37. The molecule has 144 valence electrons. The lowest BCUT2D eigenvalue weighted by molar-refractivity contribution is 0.112. The second-order valence-electron chi connectivity index (χ2n) is 7.05. The van der Waals surface area contributed by atoms with E-state index in [0.29, 0.717) is 33.7 Å². The summed E-state index contributed by atoms with van der Waals surface area (Å²) < 4.78 is 6.01. The summed E-state index contributed by atoms with van der Waals surface area (Å²) in [6.45, 7) is 2.04. The lowest BCUT2D eigenvalue weighted by Crippen LogP contribution is -1.99. The molecular weight excluding hydrogens is 376 g/mol. The third kappa shape index (κ3) is 2.81. The zero-order valence-electron chi connectivity index (χ0n) is 16.1. The van der Waals surface area contributed by atoms with Crippen LogP contribution in [0.25, 0.3) is 33.2 Å². The third-order valence-corrected chi connectivity index (χ3v) is 5.27. The number of hydrogen-bond donors (Lipinski definition) is 2. The molecule has 5 rings (SSSR count). The van der Waals surface area contributed by atoms with Crippen LogP contribution in [0.3, 0.4) is 0 Å². The summed E-state index contributed by atoms with van der Waals surface area (Å²) in [5.74, 6) is 0.570. The predicted molar refractivity (Wildman–Crippen MR) is 116 cm³/mol. The van der Waals surface area contributed by atoms with E-state index in [9.17, 15) is 10.1 Å². The van der Waals surface area contributed by atoms with Gasteiger partial charge in [0.1, 0.15) is 23.7 Å². The van der Waals surface area contributed by atoms with Crippen LogP contribution in [-0.4, -0.2) is 16.3 Å². The molecule has 2 N–H and O–H groups in total. The van der Waals surface area contributed by atoms with E-state index in [1.807, 2.05) is 37.4 Å². The van der Waals surface area contributed by atoms with Crippen molar-refractivity contribution in [1.82, 2.24) is 9.97 Å². The molecule has 0 aliphatic rings. The quantitative estimate of drug-likeness (QED) is 0.382. The molecule has 2 aromatic carbocycles. The second kappa shape index (κ2) is 6.90. The van der Waals surface area contributed by atoms with Crippen LogP contribution < -0.4 is 5.32 Å². The highest BCUT2D eigenvalue weighted by atomic mass is 16.3. The number of nitriles is 1. The Morgan fingerprint density at radius 1 is 1.17 bits per heavy atom. The van der Waals surface area contributed by atoms with E-state index in [1.54, 1.807) is 24.4 Å². The summed E-state index contributed by atoms with van der Waals surface area (Å²) in [5, 5.41) is 15.0. The lowest BCUT2D eigenvalue weighted by atomic mass is 10.1. The fourth-order valence-electron chi connectivity index (χ4n) is 3.69. The topological polar surface area (TPSA) is 94.7 Å². The molecule has 0 saturated carbocycles. The van der Waals surface area contributed by atoms with Crippen molar-refractivity contribution in [3.8, 4) is 17.4 Å². The van der Waals surface area contributed by atoms with Crippen LogP contribution in [0, 0.1) is 18.3 Å². The molecule has 0 fully saturated rings. The van der Waals surface area contributed by atoms with Gasteiger partial charge in [-0.3, -0.25) is 9.78 Å².